The minimum absolute atomic E-state index is 0.205. The highest BCUT2D eigenvalue weighted by molar-refractivity contribution is 5.76. The summed E-state index contributed by atoms with van der Waals surface area (Å²) in [6.45, 7) is 9.05. The number of hydrogen-bond acceptors (Lipinski definition) is 2. The van der Waals surface area contributed by atoms with E-state index in [2.05, 4.69) is 54.9 Å². The summed E-state index contributed by atoms with van der Waals surface area (Å²) in [6.07, 6.45) is 4.93. The molecule has 3 rings (SSSR count). The van der Waals surface area contributed by atoms with Crippen LogP contribution in [-0.2, 0) is 5.41 Å². The Morgan fingerprint density at radius 2 is 2.14 bits per heavy atom. The standard InChI is InChI=1S/C18H27N3/c1-4-10-18(11-7-12-19-13-18)17-20-15-8-5-6-9-16(15)21(17)14(2)3/h5-6,8-9,14,19H,4,7,10-13H2,1-3H3. The number of aromatic nitrogens is 2. The average Bonchev–Trinajstić information content (AvgIpc) is 2.88. The van der Waals surface area contributed by atoms with Crippen molar-refractivity contribution >= 4 is 11.0 Å². The van der Waals surface area contributed by atoms with Gasteiger partial charge in [-0.05, 0) is 51.8 Å². The van der Waals surface area contributed by atoms with E-state index in [4.69, 9.17) is 4.98 Å². The third-order valence-electron chi connectivity index (χ3n) is 4.79. The van der Waals surface area contributed by atoms with E-state index in [1.54, 1.807) is 0 Å². The van der Waals surface area contributed by atoms with Gasteiger partial charge in [0.1, 0.15) is 5.82 Å². The molecule has 1 aliphatic rings. The van der Waals surface area contributed by atoms with Gasteiger partial charge in [-0.1, -0.05) is 25.5 Å². The molecule has 1 fully saturated rings. The minimum atomic E-state index is 0.205. The Morgan fingerprint density at radius 3 is 2.81 bits per heavy atom. The number of benzene rings is 1. The molecule has 114 valence electrons. The first-order valence-electron chi connectivity index (χ1n) is 8.36. The number of rotatable bonds is 4. The molecule has 0 spiro atoms. The maximum Gasteiger partial charge on any atom is 0.117 e. The van der Waals surface area contributed by atoms with Crippen LogP contribution in [0.1, 0.15) is 58.3 Å². The molecule has 21 heavy (non-hydrogen) atoms. The van der Waals surface area contributed by atoms with Crippen LogP contribution in [0.4, 0.5) is 0 Å². The van der Waals surface area contributed by atoms with Crippen molar-refractivity contribution in [3.05, 3.63) is 30.1 Å². The third-order valence-corrected chi connectivity index (χ3v) is 4.79. The Bertz CT molecular complexity index is 600. The Kier molecular flexibility index (Phi) is 4.03. The lowest BCUT2D eigenvalue weighted by Gasteiger charge is -2.38. The summed E-state index contributed by atoms with van der Waals surface area (Å²) in [6, 6.07) is 9.02. The van der Waals surface area contributed by atoms with Gasteiger partial charge in [0.2, 0.25) is 0 Å². The molecule has 1 saturated heterocycles. The summed E-state index contributed by atoms with van der Waals surface area (Å²) in [7, 11) is 0. The molecule has 1 N–H and O–H groups in total. The van der Waals surface area contributed by atoms with E-state index in [-0.39, 0.29) is 5.41 Å². The summed E-state index contributed by atoms with van der Waals surface area (Å²) < 4.78 is 2.47. The first-order chi connectivity index (χ1) is 10.2. The SMILES string of the molecule is CCCC1(c2nc3ccccc3n2C(C)C)CCCNC1. The predicted octanol–water partition coefficient (Wildman–Crippen LogP) is 4.04. The van der Waals surface area contributed by atoms with Crippen molar-refractivity contribution in [2.75, 3.05) is 13.1 Å². The Morgan fingerprint density at radius 1 is 1.33 bits per heavy atom. The van der Waals surface area contributed by atoms with Crippen molar-refractivity contribution < 1.29 is 0 Å². The molecule has 1 aromatic carbocycles. The van der Waals surface area contributed by atoms with Crippen LogP contribution < -0.4 is 5.32 Å². The fraction of sp³-hybridized carbons (Fsp3) is 0.611. The van der Waals surface area contributed by atoms with Crippen molar-refractivity contribution in [2.45, 2.75) is 57.9 Å². The highest BCUT2D eigenvalue weighted by atomic mass is 15.1. The maximum atomic E-state index is 5.07. The Hall–Kier alpha value is -1.35. The Labute approximate surface area is 127 Å². The number of imidazole rings is 1. The third kappa shape index (κ3) is 2.48. The molecule has 0 aliphatic carbocycles. The summed E-state index contributed by atoms with van der Waals surface area (Å²) in [5, 5.41) is 3.62. The molecule has 1 aliphatic heterocycles. The van der Waals surface area contributed by atoms with Gasteiger partial charge in [0, 0.05) is 18.0 Å². The van der Waals surface area contributed by atoms with Crippen LogP contribution in [0.5, 0.6) is 0 Å². The molecular formula is C18H27N3. The van der Waals surface area contributed by atoms with Gasteiger partial charge in [-0.25, -0.2) is 4.98 Å². The monoisotopic (exact) mass is 285 g/mol. The van der Waals surface area contributed by atoms with Gasteiger partial charge in [0.05, 0.1) is 11.0 Å². The van der Waals surface area contributed by atoms with Crippen molar-refractivity contribution in [2.24, 2.45) is 0 Å². The van der Waals surface area contributed by atoms with Gasteiger partial charge in [0.25, 0.3) is 0 Å². The largest absolute Gasteiger partial charge is 0.325 e. The second kappa shape index (κ2) is 5.80. The van der Waals surface area contributed by atoms with Crippen LogP contribution in [-0.4, -0.2) is 22.6 Å². The number of nitrogens with one attached hydrogen (secondary N) is 1. The van der Waals surface area contributed by atoms with E-state index in [0.717, 1.165) is 18.6 Å². The van der Waals surface area contributed by atoms with Crippen LogP contribution in [0.15, 0.2) is 24.3 Å². The summed E-state index contributed by atoms with van der Waals surface area (Å²) in [4.78, 5) is 5.07. The van der Waals surface area contributed by atoms with Gasteiger partial charge >= 0.3 is 0 Å². The number of para-hydroxylation sites is 2. The summed E-state index contributed by atoms with van der Waals surface area (Å²) in [5.74, 6) is 1.30. The maximum absolute atomic E-state index is 5.07. The van der Waals surface area contributed by atoms with E-state index >= 15 is 0 Å². The van der Waals surface area contributed by atoms with Crippen molar-refractivity contribution in [3.63, 3.8) is 0 Å². The lowest BCUT2D eigenvalue weighted by Crippen LogP contribution is -2.45. The molecule has 1 unspecified atom stereocenters. The molecule has 0 amide bonds. The first-order valence-corrected chi connectivity index (χ1v) is 8.36. The van der Waals surface area contributed by atoms with E-state index in [0.29, 0.717) is 6.04 Å². The molecule has 1 atom stereocenters. The fourth-order valence-electron chi connectivity index (χ4n) is 3.90. The van der Waals surface area contributed by atoms with E-state index < -0.39 is 0 Å². The molecule has 1 aromatic heterocycles. The predicted molar refractivity (Wildman–Crippen MR) is 88.8 cm³/mol. The van der Waals surface area contributed by atoms with E-state index in [1.165, 1.54) is 37.0 Å². The zero-order valence-electron chi connectivity index (χ0n) is 13.5. The first kappa shape index (κ1) is 14.6. The Balaban J connectivity index is 2.19. The van der Waals surface area contributed by atoms with Crippen molar-refractivity contribution in [1.82, 2.24) is 14.9 Å². The molecule has 0 saturated carbocycles. The molecular weight excluding hydrogens is 258 g/mol. The molecule has 0 bridgehead atoms. The van der Waals surface area contributed by atoms with Crippen LogP contribution in [0, 0.1) is 0 Å². The zero-order chi connectivity index (χ0) is 14.9. The summed E-state index contributed by atoms with van der Waals surface area (Å²) in [5.41, 5.74) is 2.63. The van der Waals surface area contributed by atoms with Gasteiger partial charge in [0.15, 0.2) is 0 Å². The highest BCUT2D eigenvalue weighted by Gasteiger charge is 2.38. The zero-order valence-corrected chi connectivity index (χ0v) is 13.5. The lowest BCUT2D eigenvalue weighted by molar-refractivity contribution is 0.265. The fourth-order valence-corrected chi connectivity index (χ4v) is 3.90. The minimum Gasteiger partial charge on any atom is -0.325 e. The highest BCUT2D eigenvalue weighted by Crippen LogP contribution is 2.38. The lowest BCUT2D eigenvalue weighted by atomic mass is 9.76. The van der Waals surface area contributed by atoms with Crippen LogP contribution >= 0.6 is 0 Å². The summed E-state index contributed by atoms with van der Waals surface area (Å²) >= 11 is 0. The number of nitrogens with zero attached hydrogens (tertiary/aromatic N) is 2. The van der Waals surface area contributed by atoms with E-state index in [1.807, 2.05) is 0 Å². The van der Waals surface area contributed by atoms with Gasteiger partial charge < -0.3 is 9.88 Å². The van der Waals surface area contributed by atoms with Gasteiger partial charge in [-0.3, -0.25) is 0 Å². The number of fused-ring (bicyclic) bond motifs is 1. The molecule has 3 heteroatoms. The topological polar surface area (TPSA) is 29.9 Å². The van der Waals surface area contributed by atoms with Crippen molar-refractivity contribution in [3.8, 4) is 0 Å². The molecule has 2 heterocycles. The van der Waals surface area contributed by atoms with E-state index in [9.17, 15) is 0 Å². The molecule has 2 aromatic rings. The van der Waals surface area contributed by atoms with Crippen LogP contribution in [0.3, 0.4) is 0 Å². The number of piperidine rings is 1. The average molecular weight is 285 g/mol. The van der Waals surface area contributed by atoms with Crippen LogP contribution in [0.2, 0.25) is 0 Å². The number of hydrogen-bond donors (Lipinski definition) is 1. The second-order valence-corrected chi connectivity index (χ2v) is 6.70. The molecule has 0 radical (unpaired) electrons. The van der Waals surface area contributed by atoms with Crippen LogP contribution in [0.25, 0.3) is 11.0 Å². The normalized spacial score (nSPS) is 23.0. The smallest absolute Gasteiger partial charge is 0.117 e. The molecule has 3 nitrogen and oxygen atoms in total. The van der Waals surface area contributed by atoms with Gasteiger partial charge in [-0.2, -0.15) is 0 Å². The van der Waals surface area contributed by atoms with Gasteiger partial charge in [-0.15, -0.1) is 0 Å². The second-order valence-electron chi connectivity index (χ2n) is 6.70. The quantitative estimate of drug-likeness (QED) is 0.919. The van der Waals surface area contributed by atoms with Crippen molar-refractivity contribution in [1.29, 1.82) is 0 Å².